The Hall–Kier alpha value is -3.76. The van der Waals surface area contributed by atoms with Crippen molar-refractivity contribution in [1.82, 2.24) is 9.44 Å². The molecule has 0 radical (unpaired) electrons. The first-order valence-electron chi connectivity index (χ1n) is 22.0. The fourth-order valence-electron chi connectivity index (χ4n) is 7.08. The summed E-state index contributed by atoms with van der Waals surface area (Å²) in [7, 11) is -8.21. The van der Waals surface area contributed by atoms with Gasteiger partial charge in [-0.3, -0.25) is 0 Å². The van der Waals surface area contributed by atoms with Crippen molar-refractivity contribution >= 4 is 42.6 Å². The van der Waals surface area contributed by atoms with Gasteiger partial charge in [0.05, 0.1) is 11.2 Å². The van der Waals surface area contributed by atoms with Crippen molar-refractivity contribution in [3.63, 3.8) is 0 Å². The van der Waals surface area contributed by atoms with Crippen LogP contribution < -0.4 is 19.2 Å². The Bertz CT molecular complexity index is 2120. The summed E-state index contributed by atoms with van der Waals surface area (Å²) in [6, 6.07) is 19.2. The molecule has 0 unspecified atom stereocenters. The maximum absolute atomic E-state index is 13.5. The molecule has 2 rings (SSSR count). The fourth-order valence-corrected chi connectivity index (χ4v) is 10.2. The lowest BCUT2D eigenvalue weighted by molar-refractivity contribution is -0.0311. The van der Waals surface area contributed by atoms with Crippen LogP contribution in [0.2, 0.25) is 0 Å². The number of benzene rings is 2. The van der Waals surface area contributed by atoms with Gasteiger partial charge >= 0.3 is 0 Å². The number of allylic oxidation sites excluding steroid dienone is 4. The van der Waals surface area contributed by atoms with E-state index in [4.69, 9.17) is 9.47 Å². The lowest BCUT2D eigenvalue weighted by Gasteiger charge is -2.30. The SMILES string of the molecule is CCCN(CCCCC(C)(C)OCCC(C)(C)NS(=O)(=O)C(C#N)=C(C)c1ccc(N(CC)CC)cc1)c1ccc(C(C)=C(C#N)S(=O)(=O)NC(C)(C)CCOC(C)(C)C)cc1. The summed E-state index contributed by atoms with van der Waals surface area (Å²) < 4.78 is 71.5. The molecule has 0 saturated heterocycles. The molecule has 2 aromatic carbocycles. The van der Waals surface area contributed by atoms with Crippen molar-refractivity contribution in [2.75, 3.05) is 49.2 Å². The second kappa shape index (κ2) is 23.3. The zero-order valence-electron chi connectivity index (χ0n) is 40.2. The molecule has 0 aliphatic carbocycles. The van der Waals surface area contributed by atoms with Crippen LogP contribution in [0, 0.1) is 22.7 Å². The maximum atomic E-state index is 13.5. The van der Waals surface area contributed by atoms with E-state index in [-0.39, 0.29) is 15.4 Å². The molecule has 0 atom stereocenters. The van der Waals surface area contributed by atoms with Crippen LogP contribution in [0.5, 0.6) is 0 Å². The van der Waals surface area contributed by atoms with Gasteiger partial charge in [0.15, 0.2) is 9.81 Å². The Morgan fingerprint density at radius 2 is 1.00 bits per heavy atom. The van der Waals surface area contributed by atoms with Crippen molar-refractivity contribution in [1.29, 1.82) is 10.5 Å². The lowest BCUT2D eigenvalue weighted by Crippen LogP contribution is -2.45. The van der Waals surface area contributed by atoms with E-state index in [1.807, 2.05) is 95.3 Å². The van der Waals surface area contributed by atoms with Crippen LogP contribution in [-0.4, -0.2) is 78.5 Å². The zero-order valence-corrected chi connectivity index (χ0v) is 41.8. The molecule has 0 spiro atoms. The molecule has 0 aliphatic rings. The van der Waals surface area contributed by atoms with Crippen LogP contribution in [-0.2, 0) is 29.5 Å². The van der Waals surface area contributed by atoms with Gasteiger partial charge in [-0.05, 0) is 175 Å². The number of ether oxygens (including phenoxy) is 2. The molecule has 0 saturated carbocycles. The van der Waals surface area contributed by atoms with Crippen LogP contribution >= 0.6 is 0 Å². The fraction of sp³-hybridized carbons (Fsp3) is 0.625. The minimum atomic E-state index is -4.11. The van der Waals surface area contributed by atoms with Crippen LogP contribution in [0.1, 0.15) is 147 Å². The van der Waals surface area contributed by atoms with Crippen molar-refractivity contribution in [2.45, 2.75) is 158 Å². The van der Waals surface area contributed by atoms with Gasteiger partial charge in [0.1, 0.15) is 12.1 Å². The highest BCUT2D eigenvalue weighted by Gasteiger charge is 2.32. The lowest BCUT2D eigenvalue weighted by atomic mass is 9.99. The first kappa shape index (κ1) is 54.4. The molecule has 0 heterocycles. The van der Waals surface area contributed by atoms with Crippen molar-refractivity contribution in [3.05, 3.63) is 69.5 Å². The predicted octanol–water partition coefficient (Wildman–Crippen LogP) is 9.92. The van der Waals surface area contributed by atoms with Crippen molar-refractivity contribution in [3.8, 4) is 12.1 Å². The van der Waals surface area contributed by atoms with E-state index in [1.165, 1.54) is 0 Å². The first-order chi connectivity index (χ1) is 28.7. The summed E-state index contributed by atoms with van der Waals surface area (Å²) in [4.78, 5) is 3.90. The summed E-state index contributed by atoms with van der Waals surface area (Å²) in [5.41, 5.74) is 1.70. The Morgan fingerprint density at radius 3 is 1.37 bits per heavy atom. The summed E-state index contributed by atoms with van der Waals surface area (Å²) in [5.74, 6) is 0. The highest BCUT2D eigenvalue weighted by atomic mass is 32.2. The van der Waals surface area contributed by atoms with E-state index in [0.29, 0.717) is 48.3 Å². The van der Waals surface area contributed by atoms with Gasteiger partial charge in [0.2, 0.25) is 0 Å². The van der Waals surface area contributed by atoms with Crippen LogP contribution in [0.15, 0.2) is 58.3 Å². The Balaban J connectivity index is 2.01. The van der Waals surface area contributed by atoms with Crippen molar-refractivity contribution < 1.29 is 26.3 Å². The van der Waals surface area contributed by atoms with Crippen LogP contribution in [0.3, 0.4) is 0 Å². The number of unbranched alkanes of at least 4 members (excludes halogenated alkanes) is 1. The number of hydrogen-bond donors (Lipinski definition) is 2. The largest absolute Gasteiger partial charge is 0.376 e. The highest BCUT2D eigenvalue weighted by Crippen LogP contribution is 2.29. The number of nitrogens with one attached hydrogen (secondary N) is 2. The maximum Gasteiger partial charge on any atom is 0.251 e. The van der Waals surface area contributed by atoms with E-state index >= 15 is 0 Å². The van der Waals surface area contributed by atoms with Gasteiger partial charge in [-0.1, -0.05) is 31.2 Å². The molecular formula is C48H76N6O6S2. The standard InChI is InChI=1S/C48H76N6O6S2/c1-15-31-54(42-26-22-40(23-27-42)38(5)44(36-50)61(55,56)51-46(9,10)29-33-59-45(6,7)8)32-19-18-28-48(13,14)60-34-30-47(11,12)52-62(57,58)43(35-49)37(4)39-20-24-41(25-21-39)53(16-2)17-3/h20-27,51-52H,15-19,28-34H2,1-14H3. The smallest absolute Gasteiger partial charge is 0.251 e. The molecule has 0 bridgehead atoms. The highest BCUT2D eigenvalue weighted by molar-refractivity contribution is 7.94. The second-order valence-corrected chi connectivity index (χ2v) is 22.1. The average Bonchev–Trinajstić information content (AvgIpc) is 3.15. The summed E-state index contributed by atoms with van der Waals surface area (Å²) in [6.45, 7) is 30.8. The summed E-state index contributed by atoms with van der Waals surface area (Å²) in [6.07, 6.45) is 4.42. The van der Waals surface area contributed by atoms with Crippen LogP contribution in [0.25, 0.3) is 11.1 Å². The molecule has 2 aromatic rings. The number of rotatable bonds is 26. The van der Waals surface area contributed by atoms with Gasteiger partial charge < -0.3 is 19.3 Å². The molecular weight excluding hydrogens is 821 g/mol. The average molecular weight is 897 g/mol. The number of hydrogen-bond acceptors (Lipinski definition) is 10. The number of nitrogens with zero attached hydrogens (tertiary/aromatic N) is 4. The molecule has 14 heteroatoms. The van der Waals surface area contributed by atoms with Gasteiger partial charge in [0.25, 0.3) is 20.0 Å². The van der Waals surface area contributed by atoms with E-state index in [0.717, 1.165) is 63.2 Å². The van der Waals surface area contributed by atoms with Crippen molar-refractivity contribution in [2.24, 2.45) is 0 Å². The van der Waals surface area contributed by atoms with E-state index in [9.17, 15) is 27.4 Å². The molecule has 2 N–H and O–H groups in total. The molecule has 0 aromatic heterocycles. The third kappa shape index (κ3) is 17.4. The minimum absolute atomic E-state index is 0.299. The summed E-state index contributed by atoms with van der Waals surface area (Å²) in [5, 5.41) is 20.0. The number of sulfonamides is 2. The molecule has 12 nitrogen and oxygen atoms in total. The Morgan fingerprint density at radius 1 is 0.597 bits per heavy atom. The number of anilines is 2. The van der Waals surface area contributed by atoms with Gasteiger partial charge in [-0.25, -0.2) is 26.3 Å². The van der Waals surface area contributed by atoms with Gasteiger partial charge in [-0.15, -0.1) is 0 Å². The van der Waals surface area contributed by atoms with Crippen LogP contribution in [0.4, 0.5) is 11.4 Å². The zero-order chi connectivity index (χ0) is 47.2. The third-order valence-electron chi connectivity index (χ3n) is 10.8. The normalized spacial score (nSPS) is 13.8. The van der Waals surface area contributed by atoms with Gasteiger partial charge in [0, 0.05) is 61.8 Å². The molecule has 62 heavy (non-hydrogen) atoms. The topological polar surface area (TPSA) is 165 Å². The first-order valence-corrected chi connectivity index (χ1v) is 24.9. The predicted molar refractivity (Wildman–Crippen MR) is 256 cm³/mol. The van der Waals surface area contributed by atoms with Gasteiger partial charge in [-0.2, -0.15) is 10.5 Å². The minimum Gasteiger partial charge on any atom is -0.376 e. The van der Waals surface area contributed by atoms with E-state index < -0.39 is 36.7 Å². The molecule has 346 valence electrons. The molecule has 0 fully saturated rings. The quantitative estimate of drug-likeness (QED) is 0.0686. The second-order valence-electron chi connectivity index (χ2n) is 18.9. The van der Waals surface area contributed by atoms with E-state index in [2.05, 4.69) is 40.0 Å². The summed E-state index contributed by atoms with van der Waals surface area (Å²) >= 11 is 0. The van der Waals surface area contributed by atoms with E-state index in [1.54, 1.807) is 41.5 Å². The number of nitriles is 2. The monoisotopic (exact) mass is 897 g/mol. The molecule has 0 amide bonds. The molecule has 0 aliphatic heterocycles. The Kier molecular flexibility index (Phi) is 20.4. The Labute approximate surface area is 375 Å². The third-order valence-corrected chi connectivity index (χ3v) is 14.3.